The minimum Gasteiger partial charge on any atom is -0.495 e. The summed E-state index contributed by atoms with van der Waals surface area (Å²) in [6.07, 6.45) is 8.28. The van der Waals surface area contributed by atoms with Crippen LogP contribution >= 0.6 is 0 Å². The highest BCUT2D eigenvalue weighted by Gasteiger charge is 2.24. The minimum absolute atomic E-state index is 0.372. The van der Waals surface area contributed by atoms with Crippen molar-refractivity contribution in [2.75, 3.05) is 23.5 Å². The number of hydrogen-bond acceptors (Lipinski definition) is 6. The Morgan fingerprint density at radius 3 is 2.81 bits per heavy atom. The fourth-order valence-electron chi connectivity index (χ4n) is 5.00. The van der Waals surface area contributed by atoms with E-state index < -0.39 is 0 Å². The Morgan fingerprint density at radius 2 is 1.97 bits per heavy atom. The largest absolute Gasteiger partial charge is 0.495 e. The molecule has 0 spiro atoms. The molecule has 10 nitrogen and oxygen atoms in total. The molecule has 0 aliphatic heterocycles. The van der Waals surface area contributed by atoms with Crippen LogP contribution < -0.4 is 21.1 Å². The summed E-state index contributed by atoms with van der Waals surface area (Å²) in [5.41, 5.74) is 10.8. The number of carbonyl (C=O) groups excluding carboxylic acids is 1. The third-order valence-corrected chi connectivity index (χ3v) is 6.71. The van der Waals surface area contributed by atoms with E-state index in [1.165, 1.54) is 19.2 Å². The van der Waals surface area contributed by atoms with E-state index in [0.29, 0.717) is 34.8 Å². The first-order valence-electron chi connectivity index (χ1n) is 11.9. The first kappa shape index (κ1) is 21.9. The number of nitrogens with zero attached hydrogens (tertiary/aromatic N) is 4. The summed E-state index contributed by atoms with van der Waals surface area (Å²) in [5, 5.41) is 6.48. The Labute approximate surface area is 206 Å². The SMILES string of the molecule is COc1ccccc1NC(=O)Nc1ccc2nc(-c3cn(C4CCCC4)c4ncnc(N)c34)[nH]c2c1. The molecule has 182 valence electrons. The van der Waals surface area contributed by atoms with Crippen molar-refractivity contribution in [3.8, 4) is 17.1 Å². The normalized spacial score (nSPS) is 13.9. The molecule has 5 N–H and O–H groups in total. The average molecular weight is 483 g/mol. The van der Waals surface area contributed by atoms with Gasteiger partial charge >= 0.3 is 6.03 Å². The lowest BCUT2D eigenvalue weighted by Crippen LogP contribution is -2.19. The van der Waals surface area contributed by atoms with Crippen molar-refractivity contribution in [1.82, 2.24) is 24.5 Å². The van der Waals surface area contributed by atoms with E-state index in [-0.39, 0.29) is 6.03 Å². The molecule has 0 radical (unpaired) electrons. The molecular weight excluding hydrogens is 456 g/mol. The van der Waals surface area contributed by atoms with Gasteiger partial charge < -0.3 is 30.7 Å². The number of nitrogens with two attached hydrogens (primary N) is 1. The Bertz CT molecular complexity index is 1580. The molecule has 10 heteroatoms. The van der Waals surface area contributed by atoms with Crippen LogP contribution in [0.5, 0.6) is 5.75 Å². The zero-order valence-electron chi connectivity index (χ0n) is 19.8. The number of imidazole rings is 1. The topological polar surface area (TPSA) is 136 Å². The number of nitrogen functional groups attached to an aromatic ring is 1. The number of fused-ring (bicyclic) bond motifs is 2. The van der Waals surface area contributed by atoms with Gasteiger partial charge in [-0.2, -0.15) is 0 Å². The number of aromatic nitrogens is 5. The zero-order chi connectivity index (χ0) is 24.6. The summed E-state index contributed by atoms with van der Waals surface area (Å²) < 4.78 is 7.52. The lowest BCUT2D eigenvalue weighted by atomic mass is 10.2. The van der Waals surface area contributed by atoms with Crippen LogP contribution in [0.3, 0.4) is 0 Å². The zero-order valence-corrected chi connectivity index (χ0v) is 19.8. The summed E-state index contributed by atoms with van der Waals surface area (Å²) >= 11 is 0. The maximum absolute atomic E-state index is 12.6. The number of aromatic amines is 1. The number of para-hydroxylation sites is 2. The standard InChI is InChI=1S/C26H26N8O2/c1-36-21-9-5-4-8-19(21)33-26(35)30-15-10-11-18-20(12-15)32-24(31-18)17-13-34(16-6-2-3-7-16)25-22(17)23(27)28-14-29-25/h4-5,8-14,16H,2-3,6-7H2,1H3,(H,31,32)(H2,27,28,29)(H2,30,33,35). The molecule has 0 bridgehead atoms. The van der Waals surface area contributed by atoms with Crippen LogP contribution in [0.1, 0.15) is 31.7 Å². The summed E-state index contributed by atoms with van der Waals surface area (Å²) in [6.45, 7) is 0. The number of nitrogens with one attached hydrogen (secondary N) is 3. The number of urea groups is 1. The Balaban J connectivity index is 1.31. The maximum atomic E-state index is 12.6. The van der Waals surface area contributed by atoms with E-state index in [2.05, 4.69) is 36.3 Å². The highest BCUT2D eigenvalue weighted by atomic mass is 16.5. The average Bonchev–Trinajstić information content (AvgIpc) is 3.62. The summed E-state index contributed by atoms with van der Waals surface area (Å²) in [4.78, 5) is 29.6. The van der Waals surface area contributed by atoms with Crippen LogP contribution in [0, 0.1) is 0 Å². The first-order valence-corrected chi connectivity index (χ1v) is 11.9. The molecule has 0 unspecified atom stereocenters. The van der Waals surface area contributed by atoms with Crippen LogP contribution in [0.15, 0.2) is 55.0 Å². The second kappa shape index (κ2) is 8.88. The van der Waals surface area contributed by atoms with E-state index in [1.54, 1.807) is 19.2 Å². The number of rotatable bonds is 5. The van der Waals surface area contributed by atoms with Gasteiger partial charge in [-0.15, -0.1) is 0 Å². The molecule has 3 aromatic heterocycles. The second-order valence-electron chi connectivity index (χ2n) is 8.94. The second-order valence-corrected chi connectivity index (χ2v) is 8.94. The number of ether oxygens (including phenoxy) is 1. The van der Waals surface area contributed by atoms with Crippen molar-refractivity contribution in [2.45, 2.75) is 31.7 Å². The molecule has 0 atom stereocenters. The van der Waals surface area contributed by atoms with Gasteiger partial charge in [0.1, 0.15) is 29.4 Å². The molecule has 5 aromatic rings. The molecule has 2 amide bonds. The van der Waals surface area contributed by atoms with Crippen molar-refractivity contribution in [3.63, 3.8) is 0 Å². The number of benzene rings is 2. The lowest BCUT2D eigenvalue weighted by molar-refractivity contribution is 0.262. The highest BCUT2D eigenvalue weighted by molar-refractivity contribution is 6.03. The van der Waals surface area contributed by atoms with Gasteiger partial charge in [0.15, 0.2) is 0 Å². The Hall–Kier alpha value is -4.60. The monoisotopic (exact) mass is 482 g/mol. The van der Waals surface area contributed by atoms with Crippen LogP contribution in [0.25, 0.3) is 33.5 Å². The molecule has 36 heavy (non-hydrogen) atoms. The van der Waals surface area contributed by atoms with Crippen molar-refractivity contribution in [1.29, 1.82) is 0 Å². The molecule has 1 saturated carbocycles. The first-order chi connectivity index (χ1) is 17.6. The van der Waals surface area contributed by atoms with Crippen LogP contribution in [0.4, 0.5) is 22.0 Å². The van der Waals surface area contributed by atoms with Gasteiger partial charge in [-0.3, -0.25) is 0 Å². The van der Waals surface area contributed by atoms with E-state index in [9.17, 15) is 4.79 Å². The predicted octanol–water partition coefficient (Wildman–Crippen LogP) is 5.32. The van der Waals surface area contributed by atoms with Gasteiger partial charge in [0.2, 0.25) is 0 Å². The summed E-state index contributed by atoms with van der Waals surface area (Å²) in [6, 6.07) is 12.8. The molecule has 2 aromatic carbocycles. The molecule has 0 saturated heterocycles. The molecule has 1 aliphatic carbocycles. The van der Waals surface area contributed by atoms with Gasteiger partial charge in [-0.25, -0.2) is 19.7 Å². The van der Waals surface area contributed by atoms with Crippen LogP contribution in [0.2, 0.25) is 0 Å². The Morgan fingerprint density at radius 1 is 1.14 bits per heavy atom. The number of H-pyrrole nitrogens is 1. The van der Waals surface area contributed by atoms with Crippen molar-refractivity contribution in [2.24, 2.45) is 0 Å². The number of carbonyl (C=O) groups is 1. The Kier molecular flexibility index (Phi) is 5.40. The molecule has 1 aliphatic rings. The fourth-order valence-corrected chi connectivity index (χ4v) is 5.00. The van der Waals surface area contributed by atoms with E-state index >= 15 is 0 Å². The molecule has 6 rings (SSSR count). The summed E-state index contributed by atoms with van der Waals surface area (Å²) in [5.74, 6) is 1.70. The van der Waals surface area contributed by atoms with Crippen LogP contribution in [-0.4, -0.2) is 37.6 Å². The third-order valence-electron chi connectivity index (χ3n) is 6.71. The lowest BCUT2D eigenvalue weighted by Gasteiger charge is -2.12. The molecule has 1 fully saturated rings. The van der Waals surface area contributed by atoms with Gasteiger partial charge in [-0.1, -0.05) is 25.0 Å². The number of anilines is 3. The number of hydrogen-bond donors (Lipinski definition) is 4. The summed E-state index contributed by atoms with van der Waals surface area (Å²) in [7, 11) is 1.56. The maximum Gasteiger partial charge on any atom is 0.323 e. The van der Waals surface area contributed by atoms with E-state index in [4.69, 9.17) is 15.5 Å². The van der Waals surface area contributed by atoms with Gasteiger partial charge in [0.05, 0.1) is 29.2 Å². The quantitative estimate of drug-likeness (QED) is 0.267. The van der Waals surface area contributed by atoms with Crippen molar-refractivity contribution < 1.29 is 9.53 Å². The number of amides is 2. The van der Waals surface area contributed by atoms with Gasteiger partial charge in [-0.05, 0) is 43.2 Å². The van der Waals surface area contributed by atoms with E-state index in [0.717, 1.165) is 40.5 Å². The third kappa shape index (κ3) is 3.86. The molecular formula is C26H26N8O2. The molecule has 3 heterocycles. The fraction of sp³-hybridized carbons (Fsp3) is 0.231. The van der Waals surface area contributed by atoms with Gasteiger partial charge in [0.25, 0.3) is 0 Å². The predicted molar refractivity (Wildman–Crippen MR) is 140 cm³/mol. The van der Waals surface area contributed by atoms with Crippen LogP contribution in [-0.2, 0) is 0 Å². The van der Waals surface area contributed by atoms with E-state index in [1.807, 2.05) is 30.3 Å². The number of methoxy groups -OCH3 is 1. The smallest absolute Gasteiger partial charge is 0.323 e. The van der Waals surface area contributed by atoms with Gasteiger partial charge in [0, 0.05) is 23.5 Å². The highest BCUT2D eigenvalue weighted by Crippen LogP contribution is 2.38. The van der Waals surface area contributed by atoms with Crippen molar-refractivity contribution in [3.05, 3.63) is 55.0 Å². The minimum atomic E-state index is -0.372. The van der Waals surface area contributed by atoms with Crippen molar-refractivity contribution >= 4 is 45.3 Å².